The number of rotatable bonds is 5. The first kappa shape index (κ1) is 26.6. The lowest BCUT2D eigenvalue weighted by Gasteiger charge is -2.70. The van der Waals surface area contributed by atoms with Crippen molar-refractivity contribution in [1.29, 1.82) is 0 Å². The Morgan fingerprint density at radius 1 is 0.941 bits per heavy atom. The van der Waals surface area contributed by atoms with Crippen molar-refractivity contribution in [3.63, 3.8) is 0 Å². The van der Waals surface area contributed by atoms with E-state index >= 15 is 0 Å². The van der Waals surface area contributed by atoms with Crippen molar-refractivity contribution in [3.8, 4) is 0 Å². The van der Waals surface area contributed by atoms with Gasteiger partial charge in [-0.1, -0.05) is 46.3 Å². The van der Waals surface area contributed by atoms with Crippen molar-refractivity contribution in [3.05, 3.63) is 11.6 Å². The van der Waals surface area contributed by atoms with Crippen LogP contribution in [0.4, 0.5) is 0 Å². The minimum absolute atomic E-state index is 0.00896. The monoisotopic (exact) mass is 476 g/mol. The van der Waals surface area contributed by atoms with Gasteiger partial charge in [0.2, 0.25) is 0 Å². The Labute approximate surface area is 208 Å². The number of aliphatic hydroxyl groups excluding tert-OH is 3. The van der Waals surface area contributed by atoms with Gasteiger partial charge < -0.3 is 20.4 Å². The molecule has 0 heterocycles. The molecule has 0 amide bonds. The smallest absolute Gasteiger partial charge is 0.0654 e. The van der Waals surface area contributed by atoms with E-state index in [1.807, 2.05) is 19.9 Å². The van der Waals surface area contributed by atoms with Crippen LogP contribution in [0.1, 0.15) is 106 Å². The molecule has 4 aliphatic carbocycles. The molecule has 0 radical (unpaired) electrons. The van der Waals surface area contributed by atoms with Crippen LogP contribution >= 0.6 is 0 Å². The van der Waals surface area contributed by atoms with Crippen LogP contribution in [-0.4, -0.2) is 44.8 Å². The molecule has 0 bridgehead atoms. The van der Waals surface area contributed by atoms with Crippen molar-refractivity contribution in [2.24, 2.45) is 45.3 Å². The molecule has 4 N–H and O–H groups in total. The third-order valence-corrected chi connectivity index (χ3v) is 12.6. The van der Waals surface area contributed by atoms with E-state index in [1.165, 1.54) is 0 Å². The Morgan fingerprint density at radius 2 is 1.59 bits per heavy atom. The van der Waals surface area contributed by atoms with Crippen LogP contribution < -0.4 is 0 Å². The molecule has 0 spiro atoms. The van der Waals surface area contributed by atoms with Crippen molar-refractivity contribution in [1.82, 2.24) is 0 Å². The first-order valence-electron chi connectivity index (χ1n) is 14.0. The van der Waals surface area contributed by atoms with Crippen molar-refractivity contribution >= 4 is 0 Å². The summed E-state index contributed by atoms with van der Waals surface area (Å²) in [5.74, 6) is 1.15. The molecule has 0 aromatic heterocycles. The maximum Gasteiger partial charge on any atom is 0.0654 e. The van der Waals surface area contributed by atoms with Gasteiger partial charge in [-0.25, -0.2) is 0 Å². The van der Waals surface area contributed by atoms with E-state index < -0.39 is 5.60 Å². The Hall–Kier alpha value is -0.420. The van der Waals surface area contributed by atoms with Crippen molar-refractivity contribution in [2.45, 2.75) is 124 Å². The minimum atomic E-state index is -0.823. The average molecular weight is 477 g/mol. The molecule has 0 saturated heterocycles. The summed E-state index contributed by atoms with van der Waals surface area (Å²) in [4.78, 5) is 0. The van der Waals surface area contributed by atoms with E-state index in [-0.39, 0.29) is 52.3 Å². The molecule has 4 rings (SSSR count). The van der Waals surface area contributed by atoms with Gasteiger partial charge >= 0.3 is 0 Å². The molecule has 1 unspecified atom stereocenters. The van der Waals surface area contributed by atoms with Gasteiger partial charge in [0.05, 0.1) is 24.4 Å². The second kappa shape index (κ2) is 8.57. The average Bonchev–Trinajstić information content (AvgIpc) is 3.13. The van der Waals surface area contributed by atoms with Crippen LogP contribution in [0.2, 0.25) is 0 Å². The summed E-state index contributed by atoms with van der Waals surface area (Å²) in [6, 6.07) is 0. The lowest BCUT2D eigenvalue weighted by Crippen LogP contribution is -2.66. The van der Waals surface area contributed by atoms with Gasteiger partial charge in [-0.05, 0) is 117 Å². The second-order valence-corrected chi connectivity index (χ2v) is 14.4. The molecule has 0 aromatic rings. The van der Waals surface area contributed by atoms with Crippen LogP contribution in [0.15, 0.2) is 11.6 Å². The number of fused-ring (bicyclic) bond motifs is 5. The van der Waals surface area contributed by atoms with E-state index in [0.717, 1.165) is 56.9 Å². The summed E-state index contributed by atoms with van der Waals surface area (Å²) in [7, 11) is 0. The lowest BCUT2D eigenvalue weighted by molar-refractivity contribution is -0.246. The third-order valence-electron chi connectivity index (χ3n) is 12.6. The Balaban J connectivity index is 1.64. The van der Waals surface area contributed by atoms with Gasteiger partial charge in [-0.15, -0.1) is 0 Å². The normalized spacial score (nSPS) is 50.1. The molecule has 10 atom stereocenters. The van der Waals surface area contributed by atoms with Crippen LogP contribution in [0.5, 0.6) is 0 Å². The summed E-state index contributed by atoms with van der Waals surface area (Å²) >= 11 is 0. The summed E-state index contributed by atoms with van der Waals surface area (Å²) in [5, 5.41) is 43.6. The summed E-state index contributed by atoms with van der Waals surface area (Å²) in [5.41, 5.74) is 0.326. The van der Waals surface area contributed by atoms with E-state index in [4.69, 9.17) is 0 Å². The van der Waals surface area contributed by atoms with Crippen LogP contribution in [0.25, 0.3) is 0 Å². The third kappa shape index (κ3) is 3.68. The minimum Gasteiger partial charge on any atom is -0.393 e. The van der Waals surface area contributed by atoms with E-state index in [2.05, 4.69) is 34.6 Å². The van der Waals surface area contributed by atoms with Gasteiger partial charge in [0.1, 0.15) is 0 Å². The molecule has 4 heteroatoms. The molecule has 34 heavy (non-hydrogen) atoms. The molecule has 0 aliphatic heterocycles. The van der Waals surface area contributed by atoms with Gasteiger partial charge in [0.25, 0.3) is 0 Å². The number of aliphatic hydroxyl groups is 4. The maximum absolute atomic E-state index is 11.8. The summed E-state index contributed by atoms with van der Waals surface area (Å²) < 4.78 is 0. The van der Waals surface area contributed by atoms with E-state index in [1.54, 1.807) is 0 Å². The van der Waals surface area contributed by atoms with Gasteiger partial charge in [-0.2, -0.15) is 0 Å². The quantitative estimate of drug-likeness (QED) is 0.397. The predicted octanol–water partition coefficient (Wildman–Crippen LogP) is 5.47. The highest BCUT2D eigenvalue weighted by atomic mass is 16.3. The zero-order valence-corrected chi connectivity index (χ0v) is 22.9. The van der Waals surface area contributed by atoms with Gasteiger partial charge in [0, 0.05) is 0 Å². The van der Waals surface area contributed by atoms with E-state index in [0.29, 0.717) is 18.3 Å². The fraction of sp³-hybridized carbons (Fsp3) is 0.933. The predicted molar refractivity (Wildman–Crippen MR) is 137 cm³/mol. The topological polar surface area (TPSA) is 80.9 Å². The Morgan fingerprint density at radius 3 is 2.24 bits per heavy atom. The zero-order chi connectivity index (χ0) is 25.3. The van der Waals surface area contributed by atoms with Gasteiger partial charge in [0.15, 0.2) is 0 Å². The molecule has 196 valence electrons. The highest BCUT2D eigenvalue weighted by Crippen LogP contribution is 2.75. The SMILES string of the molecule is C/C(=C/CC[C@](C)(O)[C@H]1CC[C@@]2(C)[C@@H]1[C@H](O)C[C@@H]1[C@@]3(C)CC[C@H](O)C(C)(C)C3CC[C@]12C)CO. The first-order chi connectivity index (χ1) is 15.6. The number of hydrogen-bond donors (Lipinski definition) is 4. The van der Waals surface area contributed by atoms with Crippen LogP contribution in [0.3, 0.4) is 0 Å². The highest BCUT2D eigenvalue weighted by molar-refractivity contribution is 5.20. The molecule has 4 aliphatic rings. The maximum atomic E-state index is 11.8. The number of allylic oxidation sites excluding steroid dienone is 1. The Bertz CT molecular complexity index is 802. The molecule has 4 nitrogen and oxygen atoms in total. The molecule has 0 aromatic carbocycles. The number of hydrogen-bond acceptors (Lipinski definition) is 4. The molecule has 4 saturated carbocycles. The van der Waals surface area contributed by atoms with E-state index in [9.17, 15) is 20.4 Å². The summed E-state index contributed by atoms with van der Waals surface area (Å²) in [6.07, 6.45) is 9.93. The highest BCUT2D eigenvalue weighted by Gasteiger charge is 2.71. The van der Waals surface area contributed by atoms with Crippen LogP contribution in [0, 0.1) is 45.3 Å². The molecular weight excluding hydrogens is 424 g/mol. The molecular formula is C30H52O4. The lowest BCUT2D eigenvalue weighted by atomic mass is 9.35. The van der Waals surface area contributed by atoms with Crippen molar-refractivity contribution in [2.75, 3.05) is 6.61 Å². The standard InChI is InChI=1S/C30H52O4/c1-19(18-31)9-8-13-30(7,34)20-10-15-29(6)25(20)21(32)17-23-27(4)14-12-24(33)26(2,3)22(27)11-16-28(23,29)5/h9,20-25,31-34H,8,10-18H2,1-7H3/b19-9-/t20-,21+,22?,23+,24-,25-,27-,28+,29-,30-/m0/s1. The molecule has 4 fully saturated rings. The fourth-order valence-electron chi connectivity index (χ4n) is 10.3. The Kier molecular flexibility index (Phi) is 6.71. The van der Waals surface area contributed by atoms with Crippen molar-refractivity contribution < 1.29 is 20.4 Å². The fourth-order valence-corrected chi connectivity index (χ4v) is 10.3. The summed E-state index contributed by atoms with van der Waals surface area (Å²) in [6.45, 7) is 15.9. The van der Waals surface area contributed by atoms with Gasteiger partial charge in [-0.3, -0.25) is 0 Å². The second-order valence-electron chi connectivity index (χ2n) is 14.4. The van der Waals surface area contributed by atoms with Crippen LogP contribution in [-0.2, 0) is 0 Å². The first-order valence-corrected chi connectivity index (χ1v) is 14.0. The zero-order valence-electron chi connectivity index (χ0n) is 22.9. The largest absolute Gasteiger partial charge is 0.393 e.